The monoisotopic (exact) mass is 278 g/mol. The lowest BCUT2D eigenvalue weighted by molar-refractivity contribution is 0.200. The number of aliphatic hydroxyl groups excluding tert-OH is 1. The van der Waals surface area contributed by atoms with E-state index in [0.717, 1.165) is 10.5 Å². The van der Waals surface area contributed by atoms with Crippen LogP contribution in [0.1, 0.15) is 5.56 Å². The zero-order valence-electron chi connectivity index (χ0n) is 10.3. The number of nitrogens with two attached hydrogens (primary N) is 1. The van der Waals surface area contributed by atoms with Crippen LogP contribution in [0.2, 0.25) is 0 Å². The minimum absolute atomic E-state index is 0.263. The molecule has 0 amide bonds. The van der Waals surface area contributed by atoms with E-state index < -0.39 is 6.10 Å². The molecule has 1 unspecified atom stereocenters. The van der Waals surface area contributed by atoms with Crippen molar-refractivity contribution < 1.29 is 9.50 Å². The molecule has 0 aliphatic carbocycles. The number of benzene rings is 1. The van der Waals surface area contributed by atoms with Crippen LogP contribution in [0.5, 0.6) is 0 Å². The van der Waals surface area contributed by atoms with Crippen molar-refractivity contribution in [3.63, 3.8) is 0 Å². The van der Waals surface area contributed by atoms with Gasteiger partial charge < -0.3 is 10.8 Å². The Morgan fingerprint density at radius 1 is 1.32 bits per heavy atom. The van der Waals surface area contributed by atoms with Gasteiger partial charge in [0.1, 0.15) is 11.6 Å². The Kier molecular flexibility index (Phi) is 4.76. The standard InChI is InChI=1S/C14H15FN2OS/c15-11-2-1-3-13(8-11)19-9-12(18)6-10-4-5-17-14(16)7-10/h1-5,7-8,12,18H,6,9H2,(H2,16,17). The van der Waals surface area contributed by atoms with Crippen LogP contribution in [0.25, 0.3) is 0 Å². The average molecular weight is 278 g/mol. The lowest BCUT2D eigenvalue weighted by atomic mass is 10.1. The summed E-state index contributed by atoms with van der Waals surface area (Å²) in [6.45, 7) is 0. The normalized spacial score (nSPS) is 12.3. The van der Waals surface area contributed by atoms with Crippen LogP contribution in [0.15, 0.2) is 47.5 Å². The first-order valence-corrected chi connectivity index (χ1v) is 6.89. The van der Waals surface area contributed by atoms with E-state index in [0.29, 0.717) is 18.0 Å². The first-order chi connectivity index (χ1) is 9.13. The molecule has 0 saturated carbocycles. The Morgan fingerprint density at radius 3 is 2.89 bits per heavy atom. The number of rotatable bonds is 5. The highest BCUT2D eigenvalue weighted by Crippen LogP contribution is 2.20. The predicted molar refractivity (Wildman–Crippen MR) is 75.5 cm³/mol. The molecule has 0 aliphatic rings. The summed E-state index contributed by atoms with van der Waals surface area (Å²) in [6, 6.07) is 9.92. The van der Waals surface area contributed by atoms with Gasteiger partial charge in [0, 0.05) is 16.8 Å². The molecule has 0 bridgehead atoms. The van der Waals surface area contributed by atoms with E-state index in [4.69, 9.17) is 5.73 Å². The number of nitrogens with zero attached hydrogens (tertiary/aromatic N) is 1. The molecule has 5 heteroatoms. The molecule has 100 valence electrons. The summed E-state index contributed by atoms with van der Waals surface area (Å²) >= 11 is 1.43. The fourth-order valence-electron chi connectivity index (χ4n) is 1.70. The van der Waals surface area contributed by atoms with Crippen molar-refractivity contribution in [3.05, 3.63) is 54.0 Å². The van der Waals surface area contributed by atoms with E-state index in [1.165, 1.54) is 23.9 Å². The zero-order valence-corrected chi connectivity index (χ0v) is 11.1. The van der Waals surface area contributed by atoms with E-state index in [1.54, 1.807) is 18.3 Å². The average Bonchev–Trinajstić information content (AvgIpc) is 2.36. The van der Waals surface area contributed by atoms with Crippen molar-refractivity contribution in [2.45, 2.75) is 17.4 Å². The molecule has 1 aromatic heterocycles. The summed E-state index contributed by atoms with van der Waals surface area (Å²) in [4.78, 5) is 4.71. The molecular weight excluding hydrogens is 263 g/mol. The number of hydrogen-bond donors (Lipinski definition) is 2. The van der Waals surface area contributed by atoms with Gasteiger partial charge in [-0.1, -0.05) is 6.07 Å². The third kappa shape index (κ3) is 4.54. The fourth-order valence-corrected chi connectivity index (χ4v) is 2.57. The molecule has 19 heavy (non-hydrogen) atoms. The van der Waals surface area contributed by atoms with Crippen molar-refractivity contribution in [1.82, 2.24) is 4.98 Å². The second-order valence-electron chi connectivity index (χ2n) is 4.22. The van der Waals surface area contributed by atoms with Gasteiger partial charge in [-0.15, -0.1) is 11.8 Å². The summed E-state index contributed by atoms with van der Waals surface area (Å²) in [5.41, 5.74) is 6.52. The first kappa shape index (κ1) is 13.8. The molecule has 1 aromatic carbocycles. The Balaban J connectivity index is 1.86. The number of hydrogen-bond acceptors (Lipinski definition) is 4. The number of nitrogen functional groups attached to an aromatic ring is 1. The van der Waals surface area contributed by atoms with E-state index in [9.17, 15) is 9.50 Å². The van der Waals surface area contributed by atoms with Crippen LogP contribution in [0.3, 0.4) is 0 Å². The van der Waals surface area contributed by atoms with Crippen LogP contribution in [-0.4, -0.2) is 21.9 Å². The molecule has 0 saturated heterocycles. The highest BCUT2D eigenvalue weighted by molar-refractivity contribution is 7.99. The highest BCUT2D eigenvalue weighted by atomic mass is 32.2. The number of halogens is 1. The molecule has 1 atom stereocenters. The number of aliphatic hydroxyl groups is 1. The molecule has 3 N–H and O–H groups in total. The Hall–Kier alpha value is -1.59. The third-order valence-corrected chi connectivity index (χ3v) is 3.69. The zero-order chi connectivity index (χ0) is 13.7. The summed E-state index contributed by atoms with van der Waals surface area (Å²) in [5, 5.41) is 9.95. The summed E-state index contributed by atoms with van der Waals surface area (Å²) < 4.78 is 13.0. The van der Waals surface area contributed by atoms with Crippen molar-refractivity contribution in [2.24, 2.45) is 0 Å². The SMILES string of the molecule is Nc1cc(CC(O)CSc2cccc(F)c2)ccn1. The van der Waals surface area contributed by atoms with Gasteiger partial charge in [0.05, 0.1) is 6.10 Å². The molecule has 2 aromatic rings. The third-order valence-electron chi connectivity index (χ3n) is 2.56. The number of pyridine rings is 1. The van der Waals surface area contributed by atoms with E-state index in [-0.39, 0.29) is 5.82 Å². The van der Waals surface area contributed by atoms with Gasteiger partial charge in [-0.25, -0.2) is 9.37 Å². The smallest absolute Gasteiger partial charge is 0.124 e. The maximum absolute atomic E-state index is 13.0. The number of aromatic nitrogens is 1. The molecule has 0 radical (unpaired) electrons. The topological polar surface area (TPSA) is 59.1 Å². The fraction of sp³-hybridized carbons (Fsp3) is 0.214. The second kappa shape index (κ2) is 6.54. The van der Waals surface area contributed by atoms with Crippen LogP contribution in [0.4, 0.5) is 10.2 Å². The van der Waals surface area contributed by atoms with Gasteiger partial charge in [-0.2, -0.15) is 0 Å². The molecule has 0 fully saturated rings. The van der Waals surface area contributed by atoms with Crippen LogP contribution in [-0.2, 0) is 6.42 Å². The van der Waals surface area contributed by atoms with Crippen LogP contribution >= 0.6 is 11.8 Å². The largest absolute Gasteiger partial charge is 0.392 e. The summed E-state index contributed by atoms with van der Waals surface area (Å²) in [5.74, 6) is 0.690. The molecule has 0 aliphatic heterocycles. The molecule has 3 nitrogen and oxygen atoms in total. The summed E-state index contributed by atoms with van der Waals surface area (Å²) in [7, 11) is 0. The van der Waals surface area contributed by atoms with Crippen molar-refractivity contribution in [2.75, 3.05) is 11.5 Å². The van der Waals surface area contributed by atoms with Gasteiger partial charge >= 0.3 is 0 Å². The summed E-state index contributed by atoms with van der Waals surface area (Å²) in [6.07, 6.45) is 1.63. The minimum Gasteiger partial charge on any atom is -0.392 e. The molecule has 2 rings (SSSR count). The van der Waals surface area contributed by atoms with Crippen LogP contribution < -0.4 is 5.73 Å². The van der Waals surface area contributed by atoms with Gasteiger partial charge in [-0.05, 0) is 42.3 Å². The number of anilines is 1. The van der Waals surface area contributed by atoms with E-state index in [2.05, 4.69) is 4.98 Å². The quantitative estimate of drug-likeness (QED) is 0.825. The molecule has 0 spiro atoms. The highest BCUT2D eigenvalue weighted by Gasteiger charge is 2.07. The maximum Gasteiger partial charge on any atom is 0.124 e. The van der Waals surface area contributed by atoms with Gasteiger partial charge in [0.2, 0.25) is 0 Å². The Bertz CT molecular complexity index is 550. The van der Waals surface area contributed by atoms with Crippen molar-refractivity contribution in [1.29, 1.82) is 0 Å². The van der Waals surface area contributed by atoms with E-state index in [1.807, 2.05) is 12.1 Å². The maximum atomic E-state index is 13.0. The van der Waals surface area contributed by atoms with Crippen molar-refractivity contribution in [3.8, 4) is 0 Å². The first-order valence-electron chi connectivity index (χ1n) is 5.90. The van der Waals surface area contributed by atoms with Gasteiger partial charge in [0.15, 0.2) is 0 Å². The van der Waals surface area contributed by atoms with E-state index >= 15 is 0 Å². The Morgan fingerprint density at radius 2 is 2.16 bits per heavy atom. The lowest BCUT2D eigenvalue weighted by Gasteiger charge is -2.10. The molecule has 1 heterocycles. The predicted octanol–water partition coefficient (Wildman–Crippen LogP) is 2.50. The van der Waals surface area contributed by atoms with Crippen LogP contribution in [0, 0.1) is 5.82 Å². The second-order valence-corrected chi connectivity index (χ2v) is 5.31. The minimum atomic E-state index is -0.505. The van der Waals surface area contributed by atoms with Gasteiger partial charge in [0.25, 0.3) is 0 Å². The Labute approximate surface area is 115 Å². The van der Waals surface area contributed by atoms with Gasteiger partial charge in [-0.3, -0.25) is 0 Å². The van der Waals surface area contributed by atoms with Crippen molar-refractivity contribution >= 4 is 17.6 Å². The number of thioether (sulfide) groups is 1. The lowest BCUT2D eigenvalue weighted by Crippen LogP contribution is -2.13. The molecular formula is C14H15FN2OS.